The predicted octanol–water partition coefficient (Wildman–Crippen LogP) is 1.32. The molecular formula is C28H32O4Sn2. The van der Waals surface area contributed by atoms with Crippen molar-refractivity contribution in [1.29, 1.82) is 0 Å². The van der Waals surface area contributed by atoms with Gasteiger partial charge in [-0.3, -0.25) is 0 Å². The zero-order chi connectivity index (χ0) is 25.0. The molecule has 0 aromatic heterocycles. The van der Waals surface area contributed by atoms with E-state index in [9.17, 15) is 0 Å². The van der Waals surface area contributed by atoms with Crippen LogP contribution in [0.4, 0.5) is 0 Å². The summed E-state index contributed by atoms with van der Waals surface area (Å²) >= 11 is -1.03. The van der Waals surface area contributed by atoms with Crippen LogP contribution in [0.3, 0.4) is 0 Å². The van der Waals surface area contributed by atoms with Crippen molar-refractivity contribution in [3.8, 4) is 0 Å². The van der Waals surface area contributed by atoms with Crippen molar-refractivity contribution >= 4 is 56.6 Å². The summed E-state index contributed by atoms with van der Waals surface area (Å²) < 4.78 is 6.16. The summed E-state index contributed by atoms with van der Waals surface area (Å²) in [6.07, 6.45) is -2.33. The normalized spacial score (nSPS) is 9.65. The molecule has 4 rings (SSSR count). The Hall–Kier alpha value is -1.68. The second kappa shape index (κ2) is 19.6. The Morgan fingerprint density at radius 1 is 0.382 bits per heavy atom. The quantitative estimate of drug-likeness (QED) is 0.195. The van der Waals surface area contributed by atoms with Crippen LogP contribution >= 0.6 is 0 Å². The van der Waals surface area contributed by atoms with Crippen LogP contribution in [0.2, 0.25) is 0 Å². The van der Waals surface area contributed by atoms with E-state index >= 15 is 0 Å². The number of rotatable bonds is 4. The summed E-state index contributed by atoms with van der Waals surface area (Å²) in [7, 11) is 0. The summed E-state index contributed by atoms with van der Waals surface area (Å²) in [5, 5.41) is 30.4. The van der Waals surface area contributed by atoms with Crippen molar-refractivity contribution < 1.29 is 20.4 Å². The Labute approximate surface area is 223 Å². The van der Waals surface area contributed by atoms with Gasteiger partial charge in [-0.1, -0.05) is 0 Å². The molecule has 4 radical (unpaired) electrons. The second-order valence-corrected chi connectivity index (χ2v) is 15.0. The summed E-state index contributed by atoms with van der Waals surface area (Å²) in [6, 6.07) is 43.2. The Morgan fingerprint density at radius 3 is 0.676 bits per heavy atom. The Balaban J connectivity index is 0.000000261. The zero-order valence-electron chi connectivity index (χ0n) is 19.5. The number of hydrogen-bond acceptors (Lipinski definition) is 4. The van der Waals surface area contributed by atoms with Gasteiger partial charge in [-0.25, -0.2) is 0 Å². The average molecular weight is 670 g/mol. The Morgan fingerprint density at radius 2 is 0.529 bits per heavy atom. The molecule has 0 aliphatic heterocycles. The number of aliphatic hydroxyl groups excluding tert-OH is 2. The fourth-order valence-electron chi connectivity index (χ4n) is 2.42. The SMILES string of the molecule is CC(O)O.CC(O)O.c1cc[c]([Sn][c]2ccccc2)cc1.c1cc[c]([Sn][c]2ccccc2)cc1. The molecule has 6 heteroatoms. The van der Waals surface area contributed by atoms with Gasteiger partial charge in [-0.15, -0.1) is 0 Å². The summed E-state index contributed by atoms with van der Waals surface area (Å²) in [5.41, 5.74) is 0. The minimum atomic E-state index is -1.17. The van der Waals surface area contributed by atoms with Gasteiger partial charge in [0.25, 0.3) is 0 Å². The molecule has 4 aromatic carbocycles. The predicted molar refractivity (Wildman–Crippen MR) is 144 cm³/mol. The first-order chi connectivity index (χ1) is 16.4. The van der Waals surface area contributed by atoms with Crippen LogP contribution in [0.15, 0.2) is 121 Å². The fourth-order valence-corrected chi connectivity index (χ4v) is 8.42. The average Bonchev–Trinajstić information content (AvgIpc) is 2.82. The van der Waals surface area contributed by atoms with Crippen LogP contribution in [-0.4, -0.2) is 75.3 Å². The molecule has 0 heterocycles. The maximum absolute atomic E-state index is 7.61. The molecular weight excluding hydrogens is 638 g/mol. The van der Waals surface area contributed by atoms with E-state index in [1.807, 2.05) is 0 Å². The molecule has 34 heavy (non-hydrogen) atoms. The van der Waals surface area contributed by atoms with Gasteiger partial charge in [0.15, 0.2) is 0 Å². The van der Waals surface area contributed by atoms with Crippen molar-refractivity contribution in [3.05, 3.63) is 121 Å². The molecule has 0 bridgehead atoms. The van der Waals surface area contributed by atoms with Gasteiger partial charge in [0.05, 0.1) is 0 Å². The van der Waals surface area contributed by atoms with Gasteiger partial charge < -0.3 is 20.4 Å². The number of hydrogen-bond donors (Lipinski definition) is 4. The van der Waals surface area contributed by atoms with E-state index in [1.54, 1.807) is 0 Å². The molecule has 0 fully saturated rings. The summed E-state index contributed by atoms with van der Waals surface area (Å²) in [5.74, 6) is 0. The standard InChI is InChI=1S/4C6H5.2C2H6O2.2Sn/c4*1-2-4-6-5-3-1;2*1-2(3)4;;/h4*1-5H;2*2-4H,1H3;;. The molecule has 0 saturated carbocycles. The number of benzene rings is 4. The van der Waals surface area contributed by atoms with E-state index in [2.05, 4.69) is 121 Å². The van der Waals surface area contributed by atoms with Gasteiger partial charge in [-0.05, 0) is 13.8 Å². The summed E-state index contributed by atoms with van der Waals surface area (Å²) in [6.45, 7) is 2.56. The third-order valence-electron chi connectivity index (χ3n) is 3.67. The zero-order valence-corrected chi connectivity index (χ0v) is 25.2. The van der Waals surface area contributed by atoms with Gasteiger partial charge >= 0.3 is 178 Å². The first-order valence-corrected chi connectivity index (χ1v) is 16.5. The monoisotopic (exact) mass is 672 g/mol. The van der Waals surface area contributed by atoms with Gasteiger partial charge in [-0.2, -0.15) is 0 Å². The topological polar surface area (TPSA) is 80.9 Å². The molecule has 0 aliphatic rings. The molecule has 176 valence electrons. The van der Waals surface area contributed by atoms with Crippen LogP contribution in [-0.2, 0) is 0 Å². The fraction of sp³-hybridized carbons (Fsp3) is 0.143. The third kappa shape index (κ3) is 17.7. The Kier molecular flexibility index (Phi) is 17.5. The van der Waals surface area contributed by atoms with Crippen LogP contribution in [0, 0.1) is 0 Å². The molecule has 0 atom stereocenters. The van der Waals surface area contributed by atoms with Gasteiger partial charge in [0.1, 0.15) is 12.6 Å². The molecule has 0 spiro atoms. The minimum absolute atomic E-state index is 0.517. The maximum atomic E-state index is 7.61. The van der Waals surface area contributed by atoms with Crippen LogP contribution in [0.25, 0.3) is 0 Å². The molecule has 4 N–H and O–H groups in total. The van der Waals surface area contributed by atoms with Gasteiger partial charge in [0, 0.05) is 0 Å². The van der Waals surface area contributed by atoms with Crippen LogP contribution in [0.1, 0.15) is 13.8 Å². The Bertz CT molecular complexity index is 805. The van der Waals surface area contributed by atoms with Crippen molar-refractivity contribution in [3.63, 3.8) is 0 Å². The van der Waals surface area contributed by atoms with Crippen LogP contribution in [0.5, 0.6) is 0 Å². The first kappa shape index (κ1) is 30.3. The second-order valence-electron chi connectivity index (χ2n) is 6.98. The molecule has 0 aliphatic carbocycles. The van der Waals surface area contributed by atoms with Crippen LogP contribution < -0.4 is 14.3 Å². The van der Waals surface area contributed by atoms with Gasteiger partial charge in [0.2, 0.25) is 0 Å². The van der Waals surface area contributed by atoms with E-state index in [0.717, 1.165) is 0 Å². The van der Waals surface area contributed by atoms with E-state index in [4.69, 9.17) is 20.4 Å². The first-order valence-electron chi connectivity index (χ1n) is 10.8. The third-order valence-corrected chi connectivity index (χ3v) is 10.8. The van der Waals surface area contributed by atoms with Crippen molar-refractivity contribution in [2.75, 3.05) is 0 Å². The molecule has 0 saturated heterocycles. The van der Waals surface area contributed by atoms with Crippen molar-refractivity contribution in [2.45, 2.75) is 26.4 Å². The molecule has 0 amide bonds. The van der Waals surface area contributed by atoms with E-state index in [0.29, 0.717) is 0 Å². The van der Waals surface area contributed by atoms with Crippen molar-refractivity contribution in [2.24, 2.45) is 0 Å². The molecule has 4 nitrogen and oxygen atoms in total. The van der Waals surface area contributed by atoms with Crippen molar-refractivity contribution in [1.82, 2.24) is 0 Å². The molecule has 4 aromatic rings. The summed E-state index contributed by atoms with van der Waals surface area (Å²) in [4.78, 5) is 0. The van der Waals surface area contributed by atoms with E-state index in [1.165, 1.54) is 28.2 Å². The van der Waals surface area contributed by atoms with E-state index in [-0.39, 0.29) is 0 Å². The molecule has 0 unspecified atom stereocenters. The van der Waals surface area contributed by atoms with E-state index < -0.39 is 54.9 Å². The number of aliphatic hydroxyl groups is 4.